The molecule has 3 nitrogen and oxygen atoms in total. The van der Waals surface area contributed by atoms with E-state index in [1.807, 2.05) is 6.92 Å². The lowest BCUT2D eigenvalue weighted by Crippen LogP contribution is -2.60. The van der Waals surface area contributed by atoms with Crippen LogP contribution in [0, 0.1) is 11.4 Å². The van der Waals surface area contributed by atoms with E-state index in [-0.39, 0.29) is 23.6 Å². The Balaban J connectivity index is 1.98. The van der Waals surface area contributed by atoms with Crippen molar-refractivity contribution in [2.45, 2.75) is 45.4 Å². The predicted octanol–water partition coefficient (Wildman–Crippen LogP) is 2.03. The van der Waals surface area contributed by atoms with E-state index in [9.17, 15) is 9.50 Å². The van der Waals surface area contributed by atoms with Crippen LogP contribution in [-0.4, -0.2) is 22.2 Å². The minimum atomic E-state index is -0.458. The Morgan fingerprint density at radius 1 is 1.53 bits per heavy atom. The van der Waals surface area contributed by atoms with Crippen molar-refractivity contribution in [3.63, 3.8) is 0 Å². The van der Waals surface area contributed by atoms with Gasteiger partial charge in [-0.25, -0.2) is 4.98 Å². The van der Waals surface area contributed by atoms with E-state index in [0.29, 0.717) is 0 Å². The summed E-state index contributed by atoms with van der Waals surface area (Å²) in [5.41, 5.74) is 0.866. The maximum atomic E-state index is 12.7. The third-order valence-electron chi connectivity index (χ3n) is 3.92. The first kappa shape index (κ1) is 12.5. The van der Waals surface area contributed by atoms with Gasteiger partial charge in [-0.05, 0) is 25.0 Å². The zero-order valence-corrected chi connectivity index (χ0v) is 10.4. The Morgan fingerprint density at radius 2 is 2.24 bits per heavy atom. The highest BCUT2D eigenvalue weighted by atomic mass is 19.1. The molecule has 2 rings (SSSR count). The third-order valence-corrected chi connectivity index (χ3v) is 3.92. The summed E-state index contributed by atoms with van der Waals surface area (Å²) in [5.74, 6) is -0.458. The number of hydrogen-bond acceptors (Lipinski definition) is 3. The van der Waals surface area contributed by atoms with Crippen molar-refractivity contribution >= 4 is 0 Å². The molecule has 94 valence electrons. The molecular formula is C13H19FN2O. The number of aliphatic hydroxyl groups excluding tert-OH is 1. The van der Waals surface area contributed by atoms with Crippen molar-refractivity contribution in [1.82, 2.24) is 10.3 Å². The molecule has 0 spiro atoms. The summed E-state index contributed by atoms with van der Waals surface area (Å²) in [4.78, 5) is 3.65. The lowest BCUT2D eigenvalue weighted by Gasteiger charge is -2.50. The SMILES string of the molecule is CC(NC1CC(O)C1(C)C)c1ccc(F)nc1. The standard InChI is InChI=1S/C13H19FN2O/c1-8(9-4-5-12(14)15-7-9)16-10-6-11(17)13(10,2)3/h4-5,7-8,10-11,16-17H,6H2,1-3H3. The van der Waals surface area contributed by atoms with Crippen molar-refractivity contribution in [3.05, 3.63) is 29.8 Å². The van der Waals surface area contributed by atoms with E-state index in [4.69, 9.17) is 0 Å². The molecular weight excluding hydrogens is 219 g/mol. The van der Waals surface area contributed by atoms with E-state index in [1.54, 1.807) is 12.3 Å². The zero-order valence-electron chi connectivity index (χ0n) is 10.4. The number of halogens is 1. The van der Waals surface area contributed by atoms with Crippen molar-refractivity contribution < 1.29 is 9.50 Å². The van der Waals surface area contributed by atoms with Gasteiger partial charge in [-0.15, -0.1) is 0 Å². The second kappa shape index (κ2) is 4.35. The molecule has 3 atom stereocenters. The van der Waals surface area contributed by atoms with Crippen LogP contribution in [0.4, 0.5) is 4.39 Å². The first-order valence-corrected chi connectivity index (χ1v) is 5.97. The highest BCUT2D eigenvalue weighted by Crippen LogP contribution is 2.41. The predicted molar refractivity (Wildman–Crippen MR) is 63.9 cm³/mol. The summed E-state index contributed by atoms with van der Waals surface area (Å²) in [6.07, 6.45) is 2.08. The monoisotopic (exact) mass is 238 g/mol. The molecule has 0 saturated heterocycles. The van der Waals surface area contributed by atoms with Gasteiger partial charge in [0.2, 0.25) is 5.95 Å². The quantitative estimate of drug-likeness (QED) is 0.792. The molecule has 0 bridgehead atoms. The second-order valence-corrected chi connectivity index (χ2v) is 5.43. The normalized spacial score (nSPS) is 28.5. The second-order valence-electron chi connectivity index (χ2n) is 5.43. The zero-order chi connectivity index (χ0) is 12.6. The lowest BCUT2D eigenvalue weighted by molar-refractivity contribution is -0.0754. The number of pyridine rings is 1. The number of aromatic nitrogens is 1. The van der Waals surface area contributed by atoms with Crippen molar-refractivity contribution in [1.29, 1.82) is 0 Å². The van der Waals surface area contributed by atoms with Crippen LogP contribution in [0.3, 0.4) is 0 Å². The topological polar surface area (TPSA) is 45.1 Å². The number of nitrogens with zero attached hydrogens (tertiary/aromatic N) is 1. The molecule has 17 heavy (non-hydrogen) atoms. The molecule has 0 amide bonds. The molecule has 1 aromatic rings. The Hall–Kier alpha value is -1.00. The van der Waals surface area contributed by atoms with Crippen LogP contribution in [-0.2, 0) is 0 Å². The molecule has 1 aromatic heterocycles. The molecule has 0 radical (unpaired) electrons. The molecule has 4 heteroatoms. The Bertz CT molecular complexity index is 391. The molecule has 1 saturated carbocycles. The summed E-state index contributed by atoms with van der Waals surface area (Å²) in [5, 5.41) is 13.1. The van der Waals surface area contributed by atoms with Gasteiger partial charge in [0.1, 0.15) is 0 Å². The maximum Gasteiger partial charge on any atom is 0.212 e. The van der Waals surface area contributed by atoms with Crippen LogP contribution in [0.5, 0.6) is 0 Å². The van der Waals surface area contributed by atoms with Gasteiger partial charge in [-0.1, -0.05) is 19.9 Å². The summed E-state index contributed by atoms with van der Waals surface area (Å²) >= 11 is 0. The summed E-state index contributed by atoms with van der Waals surface area (Å²) in [6.45, 7) is 6.12. The first-order valence-electron chi connectivity index (χ1n) is 5.97. The minimum Gasteiger partial charge on any atom is -0.392 e. The van der Waals surface area contributed by atoms with Gasteiger partial charge in [0.15, 0.2) is 0 Å². The smallest absolute Gasteiger partial charge is 0.212 e. The van der Waals surface area contributed by atoms with Gasteiger partial charge >= 0.3 is 0 Å². The number of aliphatic hydroxyl groups is 1. The molecule has 1 aliphatic carbocycles. The average molecular weight is 238 g/mol. The van der Waals surface area contributed by atoms with Crippen LogP contribution in [0.2, 0.25) is 0 Å². The molecule has 0 aliphatic heterocycles. The van der Waals surface area contributed by atoms with Gasteiger partial charge in [0.05, 0.1) is 6.10 Å². The van der Waals surface area contributed by atoms with E-state index < -0.39 is 5.95 Å². The van der Waals surface area contributed by atoms with Gasteiger partial charge in [-0.3, -0.25) is 0 Å². The fraction of sp³-hybridized carbons (Fsp3) is 0.615. The minimum absolute atomic E-state index is 0.0955. The highest BCUT2D eigenvalue weighted by molar-refractivity contribution is 5.15. The maximum absolute atomic E-state index is 12.7. The largest absolute Gasteiger partial charge is 0.392 e. The Kier molecular flexibility index (Phi) is 3.19. The van der Waals surface area contributed by atoms with Crippen LogP contribution in [0.15, 0.2) is 18.3 Å². The number of nitrogens with one attached hydrogen (secondary N) is 1. The van der Waals surface area contributed by atoms with E-state index >= 15 is 0 Å². The lowest BCUT2D eigenvalue weighted by atomic mass is 9.64. The highest BCUT2D eigenvalue weighted by Gasteiger charge is 2.47. The van der Waals surface area contributed by atoms with Gasteiger partial charge in [0, 0.05) is 23.7 Å². The van der Waals surface area contributed by atoms with Crippen molar-refractivity contribution in [2.75, 3.05) is 0 Å². The van der Waals surface area contributed by atoms with Gasteiger partial charge in [0.25, 0.3) is 0 Å². The molecule has 1 heterocycles. The number of rotatable bonds is 3. The number of hydrogen-bond donors (Lipinski definition) is 2. The van der Waals surface area contributed by atoms with E-state index in [1.165, 1.54) is 6.07 Å². The Morgan fingerprint density at radius 3 is 2.71 bits per heavy atom. The van der Waals surface area contributed by atoms with Crippen LogP contribution in [0.1, 0.15) is 38.8 Å². The van der Waals surface area contributed by atoms with Crippen molar-refractivity contribution in [3.8, 4) is 0 Å². The summed E-state index contributed by atoms with van der Waals surface area (Å²) < 4.78 is 12.7. The average Bonchev–Trinajstić information content (AvgIpc) is 2.29. The summed E-state index contributed by atoms with van der Waals surface area (Å²) in [7, 11) is 0. The van der Waals surface area contributed by atoms with Crippen molar-refractivity contribution in [2.24, 2.45) is 5.41 Å². The van der Waals surface area contributed by atoms with E-state index in [0.717, 1.165) is 12.0 Å². The van der Waals surface area contributed by atoms with Gasteiger partial charge in [-0.2, -0.15) is 4.39 Å². The first-order chi connectivity index (χ1) is 7.91. The van der Waals surface area contributed by atoms with E-state index in [2.05, 4.69) is 24.1 Å². The molecule has 1 fully saturated rings. The van der Waals surface area contributed by atoms with Gasteiger partial charge < -0.3 is 10.4 Å². The van der Waals surface area contributed by atoms with Crippen LogP contribution in [0.25, 0.3) is 0 Å². The fourth-order valence-electron chi connectivity index (χ4n) is 2.23. The van der Waals surface area contributed by atoms with Crippen LogP contribution >= 0.6 is 0 Å². The Labute approximate surface area is 101 Å². The third kappa shape index (κ3) is 2.33. The molecule has 2 N–H and O–H groups in total. The molecule has 1 aliphatic rings. The summed E-state index contributed by atoms with van der Waals surface area (Å²) in [6, 6.07) is 3.51. The molecule has 3 unspecified atom stereocenters. The molecule has 0 aromatic carbocycles. The van der Waals surface area contributed by atoms with Crippen LogP contribution < -0.4 is 5.32 Å². The fourth-order valence-corrected chi connectivity index (χ4v) is 2.23.